The molecule has 0 saturated carbocycles. The predicted molar refractivity (Wildman–Crippen MR) is 160 cm³/mol. The molecule has 0 bridgehead atoms. The van der Waals surface area contributed by atoms with Gasteiger partial charge < -0.3 is 18.6 Å². The van der Waals surface area contributed by atoms with Crippen molar-refractivity contribution in [3.63, 3.8) is 0 Å². The van der Waals surface area contributed by atoms with Crippen LogP contribution in [0.3, 0.4) is 0 Å². The molecule has 0 saturated heterocycles. The van der Waals surface area contributed by atoms with Gasteiger partial charge in [-0.3, -0.25) is 0 Å². The van der Waals surface area contributed by atoms with Crippen molar-refractivity contribution < 1.29 is 8.83 Å². The molecule has 0 amide bonds. The highest BCUT2D eigenvalue weighted by molar-refractivity contribution is 6.36. The van der Waals surface area contributed by atoms with Gasteiger partial charge in [0, 0.05) is 17.1 Å². The lowest BCUT2D eigenvalue weighted by Crippen LogP contribution is -2.14. The van der Waals surface area contributed by atoms with Crippen molar-refractivity contribution in [1.82, 2.24) is 0 Å². The summed E-state index contributed by atoms with van der Waals surface area (Å²) in [5.74, 6) is 0. The lowest BCUT2D eigenvalue weighted by atomic mass is 10.1. The minimum atomic E-state index is 0.597. The van der Waals surface area contributed by atoms with E-state index in [0.717, 1.165) is 45.1 Å². The van der Waals surface area contributed by atoms with Crippen LogP contribution in [0.1, 0.15) is 0 Å². The second-order valence-electron chi connectivity index (χ2n) is 9.17. The number of nitrogens with zero attached hydrogens (tertiary/aromatic N) is 2. The molecule has 0 aliphatic heterocycles. The Morgan fingerprint density at radius 2 is 0.974 bits per heavy atom. The van der Waals surface area contributed by atoms with Gasteiger partial charge in [-0.15, -0.1) is 0 Å². The lowest BCUT2D eigenvalue weighted by molar-refractivity contribution is 0.616. The monoisotopic (exact) mass is 526 g/mol. The molecule has 5 heteroatoms. The molecule has 0 N–H and O–H groups in total. The molecule has 0 unspecified atom stereocenters. The summed E-state index contributed by atoms with van der Waals surface area (Å²) in [5.41, 5.74) is 7.56. The maximum atomic E-state index is 7.35. The number of rotatable bonds is 6. The van der Waals surface area contributed by atoms with Gasteiger partial charge in [0.15, 0.2) is 11.2 Å². The molecule has 7 rings (SSSR count). The number of hydrogen-bond acceptors (Lipinski definition) is 4. The molecule has 0 spiro atoms. The summed E-state index contributed by atoms with van der Waals surface area (Å²) in [6, 6.07) is 44.6. The Hall–Kier alpha value is -4.93. The van der Waals surface area contributed by atoms with Gasteiger partial charge in [0.05, 0.1) is 21.8 Å². The van der Waals surface area contributed by atoms with Crippen molar-refractivity contribution in [2.24, 2.45) is 0 Å². The first kappa shape index (κ1) is 23.2. The Balaban J connectivity index is 1.46. The Bertz CT molecular complexity index is 1840. The molecular weight excluding hydrogens is 504 g/mol. The summed E-state index contributed by atoms with van der Waals surface area (Å²) in [6.07, 6.45) is 1.74. The molecule has 0 aliphatic carbocycles. The van der Waals surface area contributed by atoms with Gasteiger partial charge in [0.2, 0.25) is 0 Å². The highest BCUT2D eigenvalue weighted by atomic mass is 35.5. The first-order valence-corrected chi connectivity index (χ1v) is 13.1. The molecule has 4 nitrogen and oxygen atoms in total. The smallest absolute Gasteiger partial charge is 0.197 e. The Labute approximate surface area is 230 Å². The summed E-state index contributed by atoms with van der Waals surface area (Å²) in [7, 11) is 0. The summed E-state index contributed by atoms with van der Waals surface area (Å²) >= 11 is 7.35. The van der Waals surface area contributed by atoms with Gasteiger partial charge >= 0.3 is 0 Å². The average molecular weight is 527 g/mol. The van der Waals surface area contributed by atoms with Crippen LogP contribution in [0.25, 0.3) is 22.1 Å². The number of anilines is 6. The van der Waals surface area contributed by atoms with Gasteiger partial charge in [0.25, 0.3) is 0 Å². The molecule has 39 heavy (non-hydrogen) atoms. The highest BCUT2D eigenvalue weighted by Crippen LogP contribution is 2.49. The maximum Gasteiger partial charge on any atom is 0.197 e. The maximum absolute atomic E-state index is 7.35. The molecular formula is C34H23ClN2O2. The van der Waals surface area contributed by atoms with Crippen molar-refractivity contribution in [3.05, 3.63) is 145 Å². The molecule has 0 radical (unpaired) electrons. The van der Waals surface area contributed by atoms with Gasteiger partial charge in [-0.2, -0.15) is 0 Å². The second-order valence-corrected chi connectivity index (χ2v) is 9.54. The third kappa shape index (κ3) is 4.02. The number of fused-ring (bicyclic) bond motifs is 3. The Kier molecular flexibility index (Phi) is 5.80. The van der Waals surface area contributed by atoms with Crippen molar-refractivity contribution in [1.29, 1.82) is 0 Å². The quantitative estimate of drug-likeness (QED) is 0.216. The summed E-state index contributed by atoms with van der Waals surface area (Å²) < 4.78 is 12.4. The summed E-state index contributed by atoms with van der Waals surface area (Å²) in [5, 5.41) is 1.53. The Morgan fingerprint density at radius 1 is 0.462 bits per heavy atom. The van der Waals surface area contributed by atoms with Crippen LogP contribution < -0.4 is 9.80 Å². The van der Waals surface area contributed by atoms with Crippen LogP contribution in [0.5, 0.6) is 0 Å². The lowest BCUT2D eigenvalue weighted by Gasteiger charge is -2.30. The number of hydrogen-bond donors (Lipinski definition) is 0. The normalized spacial score (nSPS) is 11.2. The minimum absolute atomic E-state index is 0.597. The number of halogens is 1. The molecule has 2 aromatic heterocycles. The predicted octanol–water partition coefficient (Wildman–Crippen LogP) is 10.8. The van der Waals surface area contributed by atoms with Gasteiger partial charge in [0.1, 0.15) is 17.5 Å². The molecule has 2 heterocycles. The fraction of sp³-hybridized carbons (Fsp3) is 0. The SMILES string of the molecule is Clc1c(N(c2ccccc2)c2ccccc2)cccc1N(c1ccccc1)c1coc2c1oc1ccccc12. The third-order valence-corrected chi connectivity index (χ3v) is 7.18. The van der Waals surface area contributed by atoms with E-state index in [4.69, 9.17) is 20.4 Å². The van der Waals surface area contributed by atoms with E-state index in [9.17, 15) is 0 Å². The zero-order chi connectivity index (χ0) is 26.2. The second kappa shape index (κ2) is 9.75. The van der Waals surface area contributed by atoms with Crippen LogP contribution in [0.15, 0.2) is 149 Å². The fourth-order valence-corrected chi connectivity index (χ4v) is 5.34. The van der Waals surface area contributed by atoms with E-state index in [-0.39, 0.29) is 0 Å². The molecule has 7 aromatic rings. The molecule has 188 valence electrons. The third-order valence-electron chi connectivity index (χ3n) is 6.79. The standard InChI is InChI=1S/C34H23ClN2O2/c35-32-28(36(24-13-4-1-5-14-24)25-15-6-2-7-16-25)20-12-21-29(32)37(26-17-8-3-9-18-26)30-23-38-33-27-19-10-11-22-31(27)39-34(30)33/h1-23H. The Morgan fingerprint density at radius 3 is 1.59 bits per heavy atom. The van der Waals surface area contributed by atoms with Crippen molar-refractivity contribution in [2.45, 2.75) is 0 Å². The van der Waals surface area contributed by atoms with Crippen LogP contribution in [-0.4, -0.2) is 0 Å². The first-order chi connectivity index (χ1) is 19.3. The van der Waals surface area contributed by atoms with Crippen molar-refractivity contribution >= 4 is 67.9 Å². The van der Waals surface area contributed by atoms with Crippen LogP contribution in [0.2, 0.25) is 5.02 Å². The van der Waals surface area contributed by atoms with E-state index in [0.29, 0.717) is 16.2 Å². The molecule has 0 aliphatic rings. The van der Waals surface area contributed by atoms with E-state index >= 15 is 0 Å². The number of benzene rings is 5. The van der Waals surface area contributed by atoms with Crippen molar-refractivity contribution in [3.8, 4) is 0 Å². The average Bonchev–Trinajstić information content (AvgIpc) is 3.57. The number of furan rings is 2. The highest BCUT2D eigenvalue weighted by Gasteiger charge is 2.26. The van der Waals surface area contributed by atoms with E-state index < -0.39 is 0 Å². The molecule has 0 atom stereocenters. The molecule has 5 aromatic carbocycles. The van der Waals surface area contributed by atoms with E-state index in [1.54, 1.807) is 6.26 Å². The molecule has 0 fully saturated rings. The van der Waals surface area contributed by atoms with Crippen molar-refractivity contribution in [2.75, 3.05) is 9.80 Å². The van der Waals surface area contributed by atoms with Crippen LogP contribution in [0.4, 0.5) is 34.1 Å². The van der Waals surface area contributed by atoms with E-state index in [2.05, 4.69) is 46.2 Å². The summed E-state index contributed by atoms with van der Waals surface area (Å²) in [6.45, 7) is 0. The largest absolute Gasteiger partial charge is 0.458 e. The van der Waals surface area contributed by atoms with Crippen LogP contribution >= 0.6 is 11.6 Å². The summed E-state index contributed by atoms with van der Waals surface area (Å²) in [4.78, 5) is 4.26. The van der Waals surface area contributed by atoms with Gasteiger partial charge in [-0.25, -0.2) is 0 Å². The van der Waals surface area contributed by atoms with E-state index in [1.807, 2.05) is 97.1 Å². The zero-order valence-corrected chi connectivity index (χ0v) is 21.6. The number of para-hydroxylation sites is 4. The topological polar surface area (TPSA) is 32.8 Å². The van der Waals surface area contributed by atoms with Gasteiger partial charge in [-0.1, -0.05) is 84.4 Å². The zero-order valence-electron chi connectivity index (χ0n) is 20.9. The minimum Gasteiger partial charge on any atom is -0.458 e. The first-order valence-electron chi connectivity index (χ1n) is 12.7. The van der Waals surface area contributed by atoms with Gasteiger partial charge in [-0.05, 0) is 60.7 Å². The van der Waals surface area contributed by atoms with Crippen LogP contribution in [0, 0.1) is 0 Å². The van der Waals surface area contributed by atoms with E-state index in [1.165, 1.54) is 0 Å². The van der Waals surface area contributed by atoms with Crippen LogP contribution in [-0.2, 0) is 0 Å². The fourth-order valence-electron chi connectivity index (χ4n) is 5.05.